The highest BCUT2D eigenvalue weighted by Gasteiger charge is 2.24. The highest BCUT2D eigenvalue weighted by atomic mass is 35.5. The lowest BCUT2D eigenvalue weighted by Gasteiger charge is -2.15. The van der Waals surface area contributed by atoms with Gasteiger partial charge in [0.1, 0.15) is 11.5 Å². The van der Waals surface area contributed by atoms with Crippen LogP contribution in [-0.4, -0.2) is 45.1 Å². The molecule has 0 saturated carbocycles. The molecule has 2 unspecified atom stereocenters. The Kier molecular flexibility index (Phi) is 7.09. The molecule has 1 aromatic carbocycles. The predicted octanol–water partition coefficient (Wildman–Crippen LogP) is 0.795. The number of nitrogens with one attached hydrogen (secondary N) is 2. The van der Waals surface area contributed by atoms with Gasteiger partial charge in [0.05, 0.1) is 20.3 Å². The van der Waals surface area contributed by atoms with Gasteiger partial charge in [-0.2, -0.15) is 0 Å². The van der Waals surface area contributed by atoms with Crippen LogP contribution in [0.3, 0.4) is 0 Å². The van der Waals surface area contributed by atoms with Gasteiger partial charge < -0.3 is 25.2 Å². The molecule has 0 aromatic heterocycles. The van der Waals surface area contributed by atoms with Crippen LogP contribution in [0, 0.1) is 5.92 Å². The fourth-order valence-corrected chi connectivity index (χ4v) is 2.32. The average molecular weight is 303 g/mol. The van der Waals surface area contributed by atoms with Crippen molar-refractivity contribution in [1.82, 2.24) is 10.6 Å². The van der Waals surface area contributed by atoms with Crippen molar-refractivity contribution in [2.75, 3.05) is 33.9 Å². The Hall–Kier alpha value is -1.01. The number of β-amino-alcohol motifs (C(OH)–C–C–N with tert-alkyl or cyclic N) is 1. The second-order valence-corrected chi connectivity index (χ2v) is 4.79. The summed E-state index contributed by atoms with van der Waals surface area (Å²) in [7, 11) is 3.30. The first kappa shape index (κ1) is 17.0. The van der Waals surface area contributed by atoms with Gasteiger partial charge in [0.2, 0.25) is 0 Å². The van der Waals surface area contributed by atoms with Crippen molar-refractivity contribution in [2.45, 2.75) is 12.6 Å². The van der Waals surface area contributed by atoms with Crippen molar-refractivity contribution < 1.29 is 14.6 Å². The van der Waals surface area contributed by atoms with Gasteiger partial charge in [-0.15, -0.1) is 12.4 Å². The lowest BCUT2D eigenvalue weighted by Crippen LogP contribution is -2.30. The number of rotatable bonds is 6. The number of ether oxygens (including phenoxy) is 2. The normalized spacial score (nSPS) is 21.4. The van der Waals surface area contributed by atoms with E-state index in [9.17, 15) is 5.11 Å². The lowest BCUT2D eigenvalue weighted by atomic mass is 10.1. The molecule has 1 aromatic rings. The monoisotopic (exact) mass is 302 g/mol. The number of hydrogen-bond acceptors (Lipinski definition) is 5. The SMILES string of the molecule is COc1ccc(CNCC2CNCC2O)c(OC)c1.Cl. The largest absolute Gasteiger partial charge is 0.497 e. The van der Waals surface area contributed by atoms with Crippen molar-refractivity contribution in [3.05, 3.63) is 23.8 Å². The summed E-state index contributed by atoms with van der Waals surface area (Å²) in [6.45, 7) is 3.08. The molecular weight excluding hydrogens is 280 g/mol. The first-order valence-electron chi connectivity index (χ1n) is 6.55. The number of aliphatic hydroxyl groups excluding tert-OH is 1. The van der Waals surface area contributed by atoms with Crippen molar-refractivity contribution in [2.24, 2.45) is 5.92 Å². The first-order valence-corrected chi connectivity index (χ1v) is 6.55. The van der Waals surface area contributed by atoms with E-state index in [-0.39, 0.29) is 24.4 Å². The van der Waals surface area contributed by atoms with Crippen LogP contribution in [0.2, 0.25) is 0 Å². The van der Waals surface area contributed by atoms with Crippen molar-refractivity contribution in [3.8, 4) is 11.5 Å². The van der Waals surface area contributed by atoms with Crippen LogP contribution in [0.5, 0.6) is 11.5 Å². The molecule has 0 amide bonds. The molecule has 0 aliphatic carbocycles. The van der Waals surface area contributed by atoms with Gasteiger partial charge in [-0.1, -0.05) is 6.07 Å². The Morgan fingerprint density at radius 2 is 2.10 bits per heavy atom. The Morgan fingerprint density at radius 1 is 1.30 bits per heavy atom. The van der Waals surface area contributed by atoms with Gasteiger partial charge in [-0.25, -0.2) is 0 Å². The van der Waals surface area contributed by atoms with Crippen molar-refractivity contribution in [1.29, 1.82) is 0 Å². The van der Waals surface area contributed by atoms with Crippen LogP contribution in [0.1, 0.15) is 5.56 Å². The van der Waals surface area contributed by atoms with Gasteiger partial charge >= 0.3 is 0 Å². The summed E-state index contributed by atoms with van der Waals surface area (Å²) in [4.78, 5) is 0. The molecule has 5 nitrogen and oxygen atoms in total. The maximum absolute atomic E-state index is 9.71. The summed E-state index contributed by atoms with van der Waals surface area (Å²) in [5, 5.41) is 16.3. The quantitative estimate of drug-likeness (QED) is 0.725. The highest BCUT2D eigenvalue weighted by molar-refractivity contribution is 5.85. The maximum atomic E-state index is 9.71. The molecule has 1 aliphatic heterocycles. The zero-order chi connectivity index (χ0) is 13.7. The first-order chi connectivity index (χ1) is 9.24. The summed E-state index contributed by atoms with van der Waals surface area (Å²) in [6.07, 6.45) is -0.245. The molecule has 1 fully saturated rings. The second kappa shape index (κ2) is 8.32. The zero-order valence-electron chi connectivity index (χ0n) is 11.9. The van der Waals surface area contributed by atoms with E-state index < -0.39 is 0 Å². The Balaban J connectivity index is 0.00000200. The minimum atomic E-state index is -0.245. The summed E-state index contributed by atoms with van der Waals surface area (Å²) in [5.74, 6) is 1.89. The van der Waals surface area contributed by atoms with E-state index in [4.69, 9.17) is 9.47 Å². The van der Waals surface area contributed by atoms with E-state index >= 15 is 0 Å². The lowest BCUT2D eigenvalue weighted by molar-refractivity contribution is 0.146. The Bertz CT molecular complexity index is 417. The van der Waals surface area contributed by atoms with E-state index in [1.165, 1.54) is 0 Å². The van der Waals surface area contributed by atoms with Crippen LogP contribution in [0.25, 0.3) is 0 Å². The predicted molar refractivity (Wildman–Crippen MR) is 80.9 cm³/mol. The molecule has 0 bridgehead atoms. The summed E-state index contributed by atoms with van der Waals surface area (Å²) in [6, 6.07) is 5.79. The fraction of sp³-hybridized carbons (Fsp3) is 0.571. The second-order valence-electron chi connectivity index (χ2n) is 4.79. The highest BCUT2D eigenvalue weighted by Crippen LogP contribution is 2.24. The summed E-state index contributed by atoms with van der Waals surface area (Å²) < 4.78 is 10.5. The van der Waals surface area contributed by atoms with Crippen LogP contribution in [0.15, 0.2) is 18.2 Å². The third kappa shape index (κ3) is 4.24. The average Bonchev–Trinajstić information content (AvgIpc) is 2.84. The van der Waals surface area contributed by atoms with Crippen LogP contribution in [0.4, 0.5) is 0 Å². The molecule has 1 saturated heterocycles. The number of methoxy groups -OCH3 is 2. The standard InChI is InChI=1S/C14H22N2O3.ClH/c1-18-12-4-3-10(14(5-12)19-2)6-15-7-11-8-16-9-13(11)17;/h3-5,11,13,15-17H,6-9H2,1-2H3;1H. The van der Waals surface area contributed by atoms with Gasteiger partial charge in [0, 0.05) is 43.7 Å². The summed E-state index contributed by atoms with van der Waals surface area (Å²) in [5.41, 5.74) is 1.09. The molecule has 0 radical (unpaired) electrons. The minimum Gasteiger partial charge on any atom is -0.497 e. The van der Waals surface area contributed by atoms with Gasteiger partial charge in [-0.05, 0) is 6.07 Å². The summed E-state index contributed by atoms with van der Waals surface area (Å²) >= 11 is 0. The van der Waals surface area contributed by atoms with Crippen LogP contribution in [-0.2, 0) is 6.54 Å². The molecule has 1 aliphatic rings. The third-order valence-electron chi connectivity index (χ3n) is 3.52. The van der Waals surface area contributed by atoms with E-state index in [0.717, 1.165) is 36.7 Å². The maximum Gasteiger partial charge on any atom is 0.127 e. The van der Waals surface area contributed by atoms with Crippen LogP contribution < -0.4 is 20.1 Å². The molecule has 6 heteroatoms. The molecule has 1 heterocycles. The number of benzene rings is 1. The van der Waals surface area contributed by atoms with E-state index in [2.05, 4.69) is 10.6 Å². The molecule has 2 rings (SSSR count). The molecule has 114 valence electrons. The van der Waals surface area contributed by atoms with Gasteiger partial charge in [0.15, 0.2) is 0 Å². The zero-order valence-corrected chi connectivity index (χ0v) is 12.7. The van der Waals surface area contributed by atoms with Crippen molar-refractivity contribution in [3.63, 3.8) is 0 Å². The number of hydrogen-bond donors (Lipinski definition) is 3. The Labute approximate surface area is 126 Å². The van der Waals surface area contributed by atoms with Crippen molar-refractivity contribution >= 4 is 12.4 Å². The molecular formula is C14H23ClN2O3. The number of aliphatic hydroxyl groups is 1. The minimum absolute atomic E-state index is 0. The van der Waals surface area contributed by atoms with E-state index in [1.54, 1.807) is 14.2 Å². The van der Waals surface area contributed by atoms with E-state index in [0.29, 0.717) is 6.54 Å². The molecule has 20 heavy (non-hydrogen) atoms. The topological polar surface area (TPSA) is 62.8 Å². The molecule has 2 atom stereocenters. The van der Waals surface area contributed by atoms with Crippen LogP contribution >= 0.6 is 12.4 Å². The smallest absolute Gasteiger partial charge is 0.127 e. The Morgan fingerprint density at radius 3 is 2.70 bits per heavy atom. The molecule has 0 spiro atoms. The fourth-order valence-electron chi connectivity index (χ4n) is 2.32. The third-order valence-corrected chi connectivity index (χ3v) is 3.52. The molecule has 3 N–H and O–H groups in total. The number of halogens is 1. The van der Waals surface area contributed by atoms with E-state index in [1.807, 2.05) is 18.2 Å². The van der Waals surface area contributed by atoms with Gasteiger partial charge in [0.25, 0.3) is 0 Å². The van der Waals surface area contributed by atoms with Gasteiger partial charge in [-0.3, -0.25) is 0 Å².